The molecule has 0 bridgehead atoms. The molecule has 20 heavy (non-hydrogen) atoms. The van der Waals surface area contributed by atoms with Gasteiger partial charge in [-0.3, -0.25) is 9.89 Å². The van der Waals surface area contributed by atoms with Crippen LogP contribution in [-0.4, -0.2) is 16.0 Å². The van der Waals surface area contributed by atoms with E-state index in [1.54, 1.807) is 0 Å². The second kappa shape index (κ2) is 5.23. The maximum atomic E-state index is 12.5. The third kappa shape index (κ3) is 2.17. The fourth-order valence-corrected chi connectivity index (χ4v) is 3.22. The van der Waals surface area contributed by atoms with Crippen LogP contribution >= 0.6 is 0 Å². The summed E-state index contributed by atoms with van der Waals surface area (Å²) in [5.74, 6) is 0.530. The lowest BCUT2D eigenvalue weighted by Crippen LogP contribution is -2.19. The third-order valence-electron chi connectivity index (χ3n) is 4.19. The minimum atomic E-state index is 0.247. The molecule has 1 aliphatic carbocycles. The number of aromatic nitrogens is 2. The molecule has 0 saturated heterocycles. The van der Waals surface area contributed by atoms with Crippen molar-refractivity contribution in [2.45, 2.75) is 45.4 Å². The van der Waals surface area contributed by atoms with Crippen LogP contribution in [0.5, 0.6) is 0 Å². The van der Waals surface area contributed by atoms with Gasteiger partial charge in [0.25, 0.3) is 0 Å². The van der Waals surface area contributed by atoms with Crippen molar-refractivity contribution in [3.8, 4) is 0 Å². The summed E-state index contributed by atoms with van der Waals surface area (Å²) in [4.78, 5) is 12.5. The van der Waals surface area contributed by atoms with E-state index >= 15 is 0 Å². The molecular weight excluding hydrogens is 248 g/mol. The van der Waals surface area contributed by atoms with Gasteiger partial charge >= 0.3 is 0 Å². The molecule has 2 aromatic rings. The maximum absolute atomic E-state index is 12.5. The van der Waals surface area contributed by atoms with Crippen molar-refractivity contribution < 1.29 is 4.79 Å². The molecule has 1 atom stereocenters. The van der Waals surface area contributed by atoms with Crippen LogP contribution in [0.1, 0.15) is 58.6 Å². The summed E-state index contributed by atoms with van der Waals surface area (Å²) in [6, 6.07) is 8.36. The van der Waals surface area contributed by atoms with Crippen LogP contribution in [0, 0.1) is 6.92 Å². The van der Waals surface area contributed by atoms with Gasteiger partial charge in [0.05, 0.1) is 11.3 Å². The van der Waals surface area contributed by atoms with Gasteiger partial charge in [0.2, 0.25) is 0 Å². The first-order valence-corrected chi connectivity index (χ1v) is 7.35. The summed E-state index contributed by atoms with van der Waals surface area (Å²) >= 11 is 0. The number of fused-ring (bicyclic) bond motifs is 1. The van der Waals surface area contributed by atoms with Crippen molar-refractivity contribution >= 4 is 5.78 Å². The Morgan fingerprint density at radius 2 is 2.10 bits per heavy atom. The number of ketones is 1. The standard InChI is InChI=1S/C17H20N2O/c1-3-6-14-17-15(19-18-14)9-12(10-16(17)20)13-8-5-4-7-11(13)2/h4-5,7-8,12H,3,6,9-10H2,1-2H3,(H,18,19). The van der Waals surface area contributed by atoms with Crippen molar-refractivity contribution in [2.24, 2.45) is 0 Å². The fraction of sp³-hybridized carbons (Fsp3) is 0.412. The van der Waals surface area contributed by atoms with Gasteiger partial charge in [-0.1, -0.05) is 37.6 Å². The third-order valence-corrected chi connectivity index (χ3v) is 4.19. The Morgan fingerprint density at radius 1 is 1.30 bits per heavy atom. The zero-order valence-electron chi connectivity index (χ0n) is 12.1. The van der Waals surface area contributed by atoms with E-state index in [-0.39, 0.29) is 11.7 Å². The largest absolute Gasteiger partial charge is 0.294 e. The predicted molar refractivity (Wildman–Crippen MR) is 79.2 cm³/mol. The van der Waals surface area contributed by atoms with Gasteiger partial charge in [-0.25, -0.2) is 0 Å². The van der Waals surface area contributed by atoms with Crippen LogP contribution in [0.25, 0.3) is 0 Å². The lowest BCUT2D eigenvalue weighted by atomic mass is 9.80. The molecule has 0 saturated carbocycles. The number of nitrogens with zero attached hydrogens (tertiary/aromatic N) is 1. The van der Waals surface area contributed by atoms with Crippen molar-refractivity contribution in [2.75, 3.05) is 0 Å². The smallest absolute Gasteiger partial charge is 0.167 e. The molecule has 0 radical (unpaired) electrons. The number of carbonyl (C=O) groups excluding carboxylic acids is 1. The van der Waals surface area contributed by atoms with E-state index in [4.69, 9.17) is 0 Å². The molecule has 1 heterocycles. The highest BCUT2D eigenvalue weighted by atomic mass is 16.1. The van der Waals surface area contributed by atoms with Crippen LogP contribution in [0.2, 0.25) is 0 Å². The molecule has 3 heteroatoms. The molecule has 0 fully saturated rings. The van der Waals surface area contributed by atoms with E-state index in [2.05, 4.69) is 42.2 Å². The Morgan fingerprint density at radius 3 is 2.85 bits per heavy atom. The number of aryl methyl sites for hydroxylation is 2. The van der Waals surface area contributed by atoms with Crippen LogP contribution < -0.4 is 0 Å². The number of benzene rings is 1. The molecule has 1 unspecified atom stereocenters. The Hall–Kier alpha value is -1.90. The van der Waals surface area contributed by atoms with Crippen LogP contribution in [0.4, 0.5) is 0 Å². The number of H-pyrrole nitrogens is 1. The highest BCUT2D eigenvalue weighted by Crippen LogP contribution is 2.34. The highest BCUT2D eigenvalue weighted by molar-refractivity contribution is 5.99. The lowest BCUT2D eigenvalue weighted by Gasteiger charge is -2.23. The Labute approximate surface area is 119 Å². The number of Topliss-reactive ketones (excluding diaryl/α,β-unsaturated/α-hetero) is 1. The van der Waals surface area contributed by atoms with Crippen LogP contribution in [0.3, 0.4) is 0 Å². The van der Waals surface area contributed by atoms with Gasteiger partial charge in [0.1, 0.15) is 0 Å². The zero-order valence-corrected chi connectivity index (χ0v) is 12.1. The first kappa shape index (κ1) is 13.1. The highest BCUT2D eigenvalue weighted by Gasteiger charge is 2.30. The minimum Gasteiger partial charge on any atom is -0.294 e. The molecule has 0 aliphatic heterocycles. The van der Waals surface area contributed by atoms with Gasteiger partial charge in [-0.15, -0.1) is 0 Å². The average molecular weight is 268 g/mol. The summed E-state index contributed by atoms with van der Waals surface area (Å²) in [7, 11) is 0. The number of aromatic amines is 1. The summed E-state index contributed by atoms with van der Waals surface area (Å²) in [5.41, 5.74) is 5.41. The van der Waals surface area contributed by atoms with Crippen LogP contribution in [0.15, 0.2) is 24.3 Å². The topological polar surface area (TPSA) is 45.8 Å². The van der Waals surface area contributed by atoms with Gasteiger partial charge in [-0.05, 0) is 36.8 Å². The van der Waals surface area contributed by atoms with Crippen molar-refractivity contribution in [1.29, 1.82) is 0 Å². The van der Waals surface area contributed by atoms with Crippen LogP contribution in [-0.2, 0) is 12.8 Å². The summed E-state index contributed by atoms with van der Waals surface area (Å²) in [6.07, 6.45) is 3.40. The molecule has 3 nitrogen and oxygen atoms in total. The van der Waals surface area contributed by atoms with Gasteiger partial charge in [0.15, 0.2) is 5.78 Å². The van der Waals surface area contributed by atoms with E-state index in [0.29, 0.717) is 6.42 Å². The molecular formula is C17H20N2O. The first-order valence-electron chi connectivity index (χ1n) is 7.35. The Balaban J connectivity index is 1.94. The van der Waals surface area contributed by atoms with Crippen molar-refractivity contribution in [3.63, 3.8) is 0 Å². The second-order valence-electron chi connectivity index (χ2n) is 5.66. The number of nitrogens with one attached hydrogen (secondary N) is 1. The Kier molecular flexibility index (Phi) is 3.43. The summed E-state index contributed by atoms with van der Waals surface area (Å²) < 4.78 is 0. The number of hydrogen-bond donors (Lipinski definition) is 1. The second-order valence-corrected chi connectivity index (χ2v) is 5.66. The number of rotatable bonds is 3. The summed E-state index contributed by atoms with van der Waals surface area (Å²) in [6.45, 7) is 4.23. The molecule has 0 spiro atoms. The molecule has 104 valence electrons. The number of carbonyl (C=O) groups is 1. The van der Waals surface area contributed by atoms with Crippen molar-refractivity contribution in [3.05, 3.63) is 52.3 Å². The van der Waals surface area contributed by atoms with E-state index in [9.17, 15) is 4.79 Å². The molecule has 1 aliphatic rings. The Bertz CT molecular complexity index is 642. The quantitative estimate of drug-likeness (QED) is 0.924. The SMILES string of the molecule is CCCc1n[nH]c2c1C(=O)CC(c1ccccc1C)C2. The zero-order chi connectivity index (χ0) is 14.1. The first-order chi connectivity index (χ1) is 9.70. The van der Waals surface area contributed by atoms with Crippen molar-refractivity contribution in [1.82, 2.24) is 10.2 Å². The monoisotopic (exact) mass is 268 g/mol. The molecule has 1 aromatic heterocycles. The molecule has 1 aromatic carbocycles. The van der Waals surface area contributed by atoms with E-state index in [0.717, 1.165) is 36.2 Å². The minimum absolute atomic E-state index is 0.247. The summed E-state index contributed by atoms with van der Waals surface area (Å²) in [5, 5.41) is 7.43. The van der Waals surface area contributed by atoms with Gasteiger partial charge < -0.3 is 0 Å². The van der Waals surface area contributed by atoms with E-state index in [1.165, 1.54) is 11.1 Å². The fourth-order valence-electron chi connectivity index (χ4n) is 3.22. The average Bonchev–Trinajstić information content (AvgIpc) is 2.83. The van der Waals surface area contributed by atoms with Gasteiger partial charge in [-0.2, -0.15) is 5.10 Å². The normalized spacial score (nSPS) is 18.1. The van der Waals surface area contributed by atoms with E-state index < -0.39 is 0 Å². The number of hydrogen-bond acceptors (Lipinski definition) is 2. The lowest BCUT2D eigenvalue weighted by molar-refractivity contribution is 0.0963. The van der Waals surface area contributed by atoms with Gasteiger partial charge in [0, 0.05) is 12.1 Å². The molecule has 0 amide bonds. The van der Waals surface area contributed by atoms with E-state index in [1.807, 2.05) is 6.07 Å². The maximum Gasteiger partial charge on any atom is 0.167 e. The molecule has 3 rings (SSSR count). The predicted octanol–water partition coefficient (Wildman–Crippen LogP) is 3.58. The molecule has 1 N–H and O–H groups in total.